The van der Waals surface area contributed by atoms with Crippen LogP contribution in [0.1, 0.15) is 28.4 Å². The highest BCUT2D eigenvalue weighted by atomic mass is 19.4. The second kappa shape index (κ2) is 8.97. The number of para-hydroxylation sites is 1. The van der Waals surface area contributed by atoms with Crippen LogP contribution in [0.4, 0.5) is 24.5 Å². The van der Waals surface area contributed by atoms with Crippen molar-refractivity contribution in [3.05, 3.63) is 89.5 Å². The molecule has 8 heteroatoms. The van der Waals surface area contributed by atoms with E-state index in [1.807, 2.05) is 31.2 Å². The van der Waals surface area contributed by atoms with Gasteiger partial charge < -0.3 is 10.6 Å². The second-order valence-electron chi connectivity index (χ2n) is 7.83. The monoisotopic (exact) mass is 463 g/mol. The number of hydrogen-bond donors (Lipinski definition) is 2. The van der Waals surface area contributed by atoms with Gasteiger partial charge in [0.1, 0.15) is 0 Å². The number of anilines is 2. The van der Waals surface area contributed by atoms with Gasteiger partial charge in [0.15, 0.2) is 0 Å². The van der Waals surface area contributed by atoms with Crippen molar-refractivity contribution in [2.75, 3.05) is 10.6 Å². The maximum atomic E-state index is 13.7. The van der Waals surface area contributed by atoms with Crippen LogP contribution >= 0.6 is 0 Å². The molecule has 2 N–H and O–H groups in total. The Morgan fingerprint density at radius 3 is 2.26 bits per heavy atom. The molecule has 34 heavy (non-hydrogen) atoms. The number of carbonyl (C=O) groups is 2. The number of halogens is 3. The number of carbonyl (C=O) groups excluding carboxylic acids is 2. The third kappa shape index (κ3) is 4.91. The van der Waals surface area contributed by atoms with E-state index >= 15 is 0 Å². The Morgan fingerprint density at radius 2 is 1.59 bits per heavy atom. The van der Waals surface area contributed by atoms with Gasteiger partial charge in [-0.1, -0.05) is 48.0 Å². The Bertz CT molecular complexity index is 1400. The van der Waals surface area contributed by atoms with Gasteiger partial charge in [-0.05, 0) is 37.3 Å². The van der Waals surface area contributed by atoms with E-state index in [1.165, 1.54) is 13.0 Å². The summed E-state index contributed by atoms with van der Waals surface area (Å²) in [7, 11) is 0. The summed E-state index contributed by atoms with van der Waals surface area (Å²) in [5, 5.41) is 5.23. The van der Waals surface area contributed by atoms with Crippen molar-refractivity contribution in [3.8, 4) is 11.3 Å². The fourth-order valence-corrected chi connectivity index (χ4v) is 3.59. The van der Waals surface area contributed by atoms with Crippen LogP contribution in [-0.2, 0) is 11.0 Å². The maximum absolute atomic E-state index is 13.7. The smallest absolute Gasteiger partial charge is 0.326 e. The lowest BCUT2D eigenvalue weighted by atomic mass is 10.0. The molecule has 0 fully saturated rings. The first-order chi connectivity index (χ1) is 16.1. The van der Waals surface area contributed by atoms with Crippen molar-refractivity contribution >= 4 is 34.1 Å². The fourth-order valence-electron chi connectivity index (χ4n) is 3.59. The van der Waals surface area contributed by atoms with Crippen molar-refractivity contribution in [3.63, 3.8) is 0 Å². The van der Waals surface area contributed by atoms with Crippen molar-refractivity contribution in [1.29, 1.82) is 0 Å². The molecule has 0 saturated carbocycles. The molecule has 4 rings (SSSR count). The average molecular weight is 463 g/mol. The number of nitrogens with one attached hydrogen (secondary N) is 2. The normalized spacial score (nSPS) is 11.3. The molecule has 0 radical (unpaired) electrons. The van der Waals surface area contributed by atoms with Crippen LogP contribution in [-0.4, -0.2) is 16.8 Å². The van der Waals surface area contributed by atoms with E-state index in [2.05, 4.69) is 15.6 Å². The number of pyridine rings is 1. The Hall–Kier alpha value is -4.20. The Kier molecular flexibility index (Phi) is 6.06. The third-order valence-corrected chi connectivity index (χ3v) is 5.20. The molecule has 0 bridgehead atoms. The SMILES string of the molecule is CC(=O)Nc1ccc(NC(=O)c2cc(-c3ccc(C)cc3)nc3ccccc23)c(C(F)(F)F)c1. The van der Waals surface area contributed by atoms with E-state index in [4.69, 9.17) is 0 Å². The zero-order valence-corrected chi connectivity index (χ0v) is 18.3. The summed E-state index contributed by atoms with van der Waals surface area (Å²) in [5.41, 5.74) is 1.61. The predicted octanol–water partition coefficient (Wildman–Crippen LogP) is 6.44. The lowest BCUT2D eigenvalue weighted by Crippen LogP contribution is -2.18. The van der Waals surface area contributed by atoms with Gasteiger partial charge in [0.05, 0.1) is 28.0 Å². The van der Waals surface area contributed by atoms with Gasteiger partial charge in [-0.2, -0.15) is 13.2 Å². The molecule has 4 aromatic rings. The summed E-state index contributed by atoms with van der Waals surface area (Å²) in [4.78, 5) is 29.1. The van der Waals surface area contributed by atoms with Gasteiger partial charge >= 0.3 is 6.18 Å². The Balaban J connectivity index is 1.78. The first-order valence-corrected chi connectivity index (χ1v) is 10.4. The van der Waals surface area contributed by atoms with Crippen LogP contribution in [0, 0.1) is 6.92 Å². The summed E-state index contributed by atoms with van der Waals surface area (Å²) < 4.78 is 41.1. The number of fused-ring (bicyclic) bond motifs is 1. The lowest BCUT2D eigenvalue weighted by molar-refractivity contribution is -0.137. The number of benzene rings is 3. The first-order valence-electron chi connectivity index (χ1n) is 10.4. The van der Waals surface area contributed by atoms with Gasteiger partial charge in [-0.3, -0.25) is 9.59 Å². The molecule has 0 aliphatic heterocycles. The lowest BCUT2D eigenvalue weighted by Gasteiger charge is -2.16. The van der Waals surface area contributed by atoms with Crippen LogP contribution in [0.25, 0.3) is 22.2 Å². The average Bonchev–Trinajstić information content (AvgIpc) is 2.78. The van der Waals surface area contributed by atoms with Gasteiger partial charge in [-0.15, -0.1) is 0 Å². The highest BCUT2D eigenvalue weighted by Gasteiger charge is 2.34. The molecule has 0 saturated heterocycles. The van der Waals surface area contributed by atoms with Crippen molar-refractivity contribution in [2.45, 2.75) is 20.0 Å². The number of nitrogens with zero attached hydrogens (tertiary/aromatic N) is 1. The Morgan fingerprint density at radius 1 is 0.882 bits per heavy atom. The molecule has 5 nitrogen and oxygen atoms in total. The van der Waals surface area contributed by atoms with E-state index in [0.29, 0.717) is 16.6 Å². The molecular weight excluding hydrogens is 443 g/mol. The summed E-state index contributed by atoms with van der Waals surface area (Å²) in [5.74, 6) is -1.21. The maximum Gasteiger partial charge on any atom is 0.418 e. The van der Waals surface area contributed by atoms with Crippen LogP contribution in [0.2, 0.25) is 0 Å². The van der Waals surface area contributed by atoms with E-state index in [1.54, 1.807) is 30.3 Å². The predicted molar refractivity (Wildman–Crippen MR) is 126 cm³/mol. The van der Waals surface area contributed by atoms with Crippen LogP contribution in [0.15, 0.2) is 72.8 Å². The Labute approximate surface area is 193 Å². The molecule has 1 aromatic heterocycles. The summed E-state index contributed by atoms with van der Waals surface area (Å²) in [6, 6.07) is 19.3. The van der Waals surface area contributed by atoms with Crippen molar-refractivity contribution in [2.24, 2.45) is 0 Å². The van der Waals surface area contributed by atoms with Gasteiger partial charge in [-0.25, -0.2) is 4.98 Å². The largest absolute Gasteiger partial charge is 0.418 e. The standard InChI is InChI=1S/C26H20F3N3O2/c1-15-7-9-17(10-8-15)24-14-20(19-5-3-4-6-22(19)31-24)25(34)32-23-12-11-18(30-16(2)33)13-21(23)26(27,28)29/h3-14H,1-2H3,(H,30,33)(H,32,34). The minimum atomic E-state index is -4.75. The number of alkyl halides is 3. The van der Waals surface area contributed by atoms with Crippen LogP contribution in [0.3, 0.4) is 0 Å². The molecule has 0 aliphatic carbocycles. The zero-order chi connectivity index (χ0) is 24.5. The molecule has 0 aliphatic rings. The summed E-state index contributed by atoms with van der Waals surface area (Å²) in [6.07, 6.45) is -4.75. The second-order valence-corrected chi connectivity index (χ2v) is 7.83. The van der Waals surface area contributed by atoms with Gasteiger partial charge in [0.2, 0.25) is 5.91 Å². The van der Waals surface area contributed by atoms with E-state index in [0.717, 1.165) is 23.3 Å². The van der Waals surface area contributed by atoms with Crippen molar-refractivity contribution < 1.29 is 22.8 Å². The number of rotatable bonds is 4. The summed E-state index contributed by atoms with van der Waals surface area (Å²) in [6.45, 7) is 3.15. The highest BCUT2D eigenvalue weighted by Crippen LogP contribution is 2.37. The van der Waals surface area contributed by atoms with E-state index in [-0.39, 0.29) is 11.3 Å². The topological polar surface area (TPSA) is 71.1 Å². The number of aryl methyl sites for hydroxylation is 1. The first kappa shape index (κ1) is 23.0. The number of hydrogen-bond acceptors (Lipinski definition) is 3. The van der Waals surface area contributed by atoms with Crippen molar-refractivity contribution in [1.82, 2.24) is 4.98 Å². The quantitative estimate of drug-likeness (QED) is 0.366. The molecule has 172 valence electrons. The van der Waals surface area contributed by atoms with Crippen LogP contribution in [0.5, 0.6) is 0 Å². The molecule has 1 heterocycles. The molecule has 2 amide bonds. The highest BCUT2D eigenvalue weighted by molar-refractivity contribution is 6.13. The molecule has 3 aromatic carbocycles. The third-order valence-electron chi connectivity index (χ3n) is 5.20. The molecular formula is C26H20F3N3O2. The minimum Gasteiger partial charge on any atom is -0.326 e. The number of amides is 2. The van der Waals surface area contributed by atoms with Gasteiger partial charge in [0.25, 0.3) is 5.91 Å². The minimum absolute atomic E-state index is 0.0196. The van der Waals surface area contributed by atoms with Gasteiger partial charge in [0, 0.05) is 23.6 Å². The molecule has 0 spiro atoms. The molecule has 0 unspecified atom stereocenters. The molecule has 0 atom stereocenters. The van der Waals surface area contributed by atoms with Crippen LogP contribution < -0.4 is 10.6 Å². The zero-order valence-electron chi connectivity index (χ0n) is 18.3. The van der Waals surface area contributed by atoms with E-state index < -0.39 is 29.2 Å². The summed E-state index contributed by atoms with van der Waals surface area (Å²) >= 11 is 0. The number of aromatic nitrogens is 1. The fraction of sp³-hybridized carbons (Fsp3) is 0.115. The van der Waals surface area contributed by atoms with E-state index in [9.17, 15) is 22.8 Å².